The van der Waals surface area contributed by atoms with Crippen LogP contribution in [0.15, 0.2) is 78.5 Å². The molecule has 1 heteroatoms. The minimum absolute atomic E-state index is 0.525. The molecule has 106 valence electrons. The zero-order chi connectivity index (χ0) is 14.7. The molecule has 21 heavy (non-hydrogen) atoms. The van der Waals surface area contributed by atoms with Crippen LogP contribution in [0, 0.1) is 12.8 Å². The van der Waals surface area contributed by atoms with Crippen molar-refractivity contribution in [3.63, 3.8) is 0 Å². The first-order valence-electron chi connectivity index (χ1n) is 7.54. The van der Waals surface area contributed by atoms with E-state index in [4.69, 9.17) is 0 Å². The van der Waals surface area contributed by atoms with Crippen molar-refractivity contribution in [3.05, 3.63) is 84.1 Å². The van der Waals surface area contributed by atoms with E-state index < -0.39 is 0 Å². The molecular weight excluding hydrogens is 254 g/mol. The minimum Gasteiger partial charge on any atom is -0.314 e. The lowest BCUT2D eigenvalue weighted by molar-refractivity contribution is 0.670. The van der Waals surface area contributed by atoms with Crippen LogP contribution in [-0.4, -0.2) is 0 Å². The summed E-state index contributed by atoms with van der Waals surface area (Å²) in [6.45, 7) is 4.42. The number of rotatable bonds is 3. The molecule has 2 aromatic rings. The molecule has 0 spiro atoms. The summed E-state index contributed by atoms with van der Waals surface area (Å²) < 4.78 is 0. The van der Waals surface area contributed by atoms with Crippen molar-refractivity contribution in [1.29, 1.82) is 0 Å². The molecule has 0 radical (unpaired) electrons. The Hall–Kier alpha value is -2.28. The van der Waals surface area contributed by atoms with E-state index in [0.29, 0.717) is 5.92 Å². The predicted molar refractivity (Wildman–Crippen MR) is 90.8 cm³/mol. The van der Waals surface area contributed by atoms with Crippen molar-refractivity contribution in [2.75, 3.05) is 4.90 Å². The Morgan fingerprint density at radius 1 is 0.905 bits per heavy atom. The number of hydrogen-bond donors (Lipinski definition) is 0. The molecule has 1 nitrogen and oxygen atoms in total. The summed E-state index contributed by atoms with van der Waals surface area (Å²) in [7, 11) is 0. The van der Waals surface area contributed by atoms with E-state index >= 15 is 0 Å². The number of allylic oxidation sites excluding steroid dienone is 4. The predicted octanol–water partition coefficient (Wildman–Crippen LogP) is 5.61. The van der Waals surface area contributed by atoms with Crippen molar-refractivity contribution < 1.29 is 0 Å². The highest BCUT2D eigenvalue weighted by Gasteiger charge is 2.20. The zero-order valence-corrected chi connectivity index (χ0v) is 12.7. The maximum absolute atomic E-state index is 2.37. The van der Waals surface area contributed by atoms with Crippen LogP contribution >= 0.6 is 0 Å². The van der Waals surface area contributed by atoms with Crippen molar-refractivity contribution in [2.45, 2.75) is 20.3 Å². The van der Waals surface area contributed by atoms with Crippen molar-refractivity contribution in [3.8, 4) is 0 Å². The molecule has 0 aliphatic heterocycles. The normalized spacial score (nSPS) is 17.4. The monoisotopic (exact) mass is 275 g/mol. The van der Waals surface area contributed by atoms with Gasteiger partial charge < -0.3 is 4.90 Å². The fourth-order valence-electron chi connectivity index (χ4n) is 2.75. The molecule has 0 amide bonds. The lowest BCUT2D eigenvalue weighted by Gasteiger charge is -2.32. The second kappa shape index (κ2) is 6.01. The Morgan fingerprint density at radius 2 is 1.57 bits per heavy atom. The Labute approximate surface area is 127 Å². The maximum Gasteiger partial charge on any atom is 0.0458 e. The summed E-state index contributed by atoms with van der Waals surface area (Å²) in [6, 6.07) is 19.4. The van der Waals surface area contributed by atoms with Crippen LogP contribution < -0.4 is 4.90 Å². The number of benzene rings is 2. The van der Waals surface area contributed by atoms with Gasteiger partial charge in [-0.25, -0.2) is 0 Å². The van der Waals surface area contributed by atoms with Gasteiger partial charge in [-0.05, 0) is 43.7 Å². The summed E-state index contributed by atoms with van der Waals surface area (Å²) in [5, 5.41) is 0. The Morgan fingerprint density at radius 3 is 2.24 bits per heavy atom. The Balaban J connectivity index is 2.09. The zero-order valence-electron chi connectivity index (χ0n) is 12.7. The third-order valence-corrected chi connectivity index (χ3v) is 3.96. The van der Waals surface area contributed by atoms with Crippen LogP contribution in [0.3, 0.4) is 0 Å². The molecule has 1 atom stereocenters. The summed E-state index contributed by atoms with van der Waals surface area (Å²) in [4.78, 5) is 2.37. The van der Waals surface area contributed by atoms with Crippen molar-refractivity contribution in [2.24, 2.45) is 5.92 Å². The molecule has 1 aliphatic rings. The van der Waals surface area contributed by atoms with Gasteiger partial charge in [0, 0.05) is 23.0 Å². The van der Waals surface area contributed by atoms with Crippen molar-refractivity contribution >= 4 is 11.4 Å². The SMILES string of the molecule is Cc1ccc(N(C2=CC=CCC2C)c2ccccc2)cc1. The van der Waals surface area contributed by atoms with E-state index in [1.54, 1.807) is 0 Å². The first-order chi connectivity index (χ1) is 10.3. The van der Waals surface area contributed by atoms with E-state index in [2.05, 4.69) is 91.6 Å². The summed E-state index contributed by atoms with van der Waals surface area (Å²) in [5.74, 6) is 0.525. The second-order valence-corrected chi connectivity index (χ2v) is 5.66. The smallest absolute Gasteiger partial charge is 0.0458 e. The van der Waals surface area contributed by atoms with E-state index in [0.717, 1.165) is 6.42 Å². The lowest BCUT2D eigenvalue weighted by Crippen LogP contribution is -2.22. The first kappa shape index (κ1) is 13.7. The summed E-state index contributed by atoms with van der Waals surface area (Å²) in [6.07, 6.45) is 7.74. The van der Waals surface area contributed by atoms with Gasteiger partial charge in [-0.15, -0.1) is 0 Å². The van der Waals surface area contributed by atoms with Gasteiger partial charge in [-0.1, -0.05) is 55.0 Å². The van der Waals surface area contributed by atoms with Gasteiger partial charge in [0.1, 0.15) is 0 Å². The molecule has 1 unspecified atom stereocenters. The number of para-hydroxylation sites is 1. The molecule has 0 N–H and O–H groups in total. The fraction of sp³-hybridized carbons (Fsp3) is 0.200. The minimum atomic E-state index is 0.525. The van der Waals surface area contributed by atoms with E-state index in [9.17, 15) is 0 Å². The molecular formula is C20H21N. The quantitative estimate of drug-likeness (QED) is 0.703. The Kier molecular flexibility index (Phi) is 3.92. The van der Waals surface area contributed by atoms with E-state index in [1.807, 2.05) is 0 Å². The molecule has 0 saturated carbocycles. The van der Waals surface area contributed by atoms with Gasteiger partial charge in [-0.3, -0.25) is 0 Å². The van der Waals surface area contributed by atoms with Crippen LogP contribution in [0.5, 0.6) is 0 Å². The van der Waals surface area contributed by atoms with Gasteiger partial charge in [0.05, 0.1) is 0 Å². The Bertz CT molecular complexity index is 650. The van der Waals surface area contributed by atoms with Gasteiger partial charge in [0.25, 0.3) is 0 Å². The lowest BCUT2D eigenvalue weighted by atomic mass is 9.96. The summed E-state index contributed by atoms with van der Waals surface area (Å²) in [5.41, 5.74) is 5.08. The molecule has 0 saturated heterocycles. The van der Waals surface area contributed by atoms with Crippen molar-refractivity contribution in [1.82, 2.24) is 0 Å². The maximum atomic E-state index is 2.37. The van der Waals surface area contributed by atoms with Gasteiger partial charge >= 0.3 is 0 Å². The van der Waals surface area contributed by atoms with Gasteiger partial charge in [0.2, 0.25) is 0 Å². The molecule has 2 aromatic carbocycles. The van der Waals surface area contributed by atoms with Crippen LogP contribution in [0.4, 0.5) is 11.4 Å². The number of anilines is 2. The van der Waals surface area contributed by atoms with Crippen LogP contribution in [-0.2, 0) is 0 Å². The highest BCUT2D eigenvalue weighted by Crippen LogP contribution is 2.35. The largest absolute Gasteiger partial charge is 0.314 e. The summed E-state index contributed by atoms with van der Waals surface area (Å²) >= 11 is 0. The molecule has 0 bridgehead atoms. The third-order valence-electron chi connectivity index (χ3n) is 3.96. The average molecular weight is 275 g/mol. The first-order valence-corrected chi connectivity index (χ1v) is 7.54. The second-order valence-electron chi connectivity index (χ2n) is 5.66. The molecule has 0 aromatic heterocycles. The van der Waals surface area contributed by atoms with E-state index in [1.165, 1.54) is 22.6 Å². The molecule has 3 rings (SSSR count). The number of hydrogen-bond acceptors (Lipinski definition) is 1. The van der Waals surface area contributed by atoms with Crippen LogP contribution in [0.1, 0.15) is 18.9 Å². The van der Waals surface area contributed by atoms with E-state index in [-0.39, 0.29) is 0 Å². The number of nitrogens with zero attached hydrogens (tertiary/aromatic N) is 1. The topological polar surface area (TPSA) is 3.24 Å². The fourth-order valence-corrected chi connectivity index (χ4v) is 2.75. The van der Waals surface area contributed by atoms with Gasteiger partial charge in [0.15, 0.2) is 0 Å². The molecule has 1 aliphatic carbocycles. The molecule has 0 fully saturated rings. The number of aryl methyl sites for hydroxylation is 1. The van der Waals surface area contributed by atoms with Crippen LogP contribution in [0.2, 0.25) is 0 Å². The molecule has 0 heterocycles. The van der Waals surface area contributed by atoms with Crippen LogP contribution in [0.25, 0.3) is 0 Å². The third kappa shape index (κ3) is 2.92. The van der Waals surface area contributed by atoms with Gasteiger partial charge in [-0.2, -0.15) is 0 Å². The highest BCUT2D eigenvalue weighted by atomic mass is 15.2. The highest BCUT2D eigenvalue weighted by molar-refractivity contribution is 5.69. The average Bonchev–Trinajstić information content (AvgIpc) is 2.52. The standard InChI is InChI=1S/C20H21N/c1-16-12-14-19(15-13-16)21(18-9-4-3-5-10-18)20-11-7-6-8-17(20)2/h3-7,9-15,17H,8H2,1-2H3.